The molecular weight excluding hydrogens is 284 g/mol. The molecule has 1 N–H and O–H groups in total. The lowest BCUT2D eigenvalue weighted by Crippen LogP contribution is -2.34. The number of nitrogens with one attached hydrogen (secondary N) is 1. The number of nitrogens with zero attached hydrogens (tertiary/aromatic N) is 1. The van der Waals surface area contributed by atoms with Crippen LogP contribution in [0.2, 0.25) is 0 Å². The summed E-state index contributed by atoms with van der Waals surface area (Å²) in [6.45, 7) is 5.59. The number of amides is 1. The van der Waals surface area contributed by atoms with Crippen molar-refractivity contribution >= 4 is 5.91 Å². The summed E-state index contributed by atoms with van der Waals surface area (Å²) in [5.41, 5.74) is 1.64. The zero-order valence-corrected chi connectivity index (χ0v) is 13.2. The number of hydrogen-bond donors (Lipinski definition) is 1. The molecule has 2 aromatic rings. The standard InChI is InChI=1S/C16H20N2O4/c1-10(2)17-16(19)9-21-13-6-5-12(8-15(13)20-4)14-7-11(3)18-22-14/h5-8,10H,9H2,1-4H3,(H,17,19). The van der Waals surface area contributed by atoms with E-state index in [4.69, 9.17) is 14.0 Å². The van der Waals surface area contributed by atoms with Gasteiger partial charge in [0.2, 0.25) is 0 Å². The number of aromatic nitrogens is 1. The molecule has 0 unspecified atom stereocenters. The summed E-state index contributed by atoms with van der Waals surface area (Å²) in [6, 6.07) is 7.28. The maximum absolute atomic E-state index is 11.6. The van der Waals surface area contributed by atoms with Crippen LogP contribution in [0.15, 0.2) is 28.8 Å². The van der Waals surface area contributed by atoms with Gasteiger partial charge < -0.3 is 19.3 Å². The van der Waals surface area contributed by atoms with Gasteiger partial charge in [0.25, 0.3) is 5.91 Å². The lowest BCUT2D eigenvalue weighted by molar-refractivity contribution is -0.123. The lowest BCUT2D eigenvalue weighted by atomic mass is 10.1. The number of hydrogen-bond acceptors (Lipinski definition) is 5. The van der Waals surface area contributed by atoms with Crippen LogP contribution in [0.5, 0.6) is 11.5 Å². The Morgan fingerprint density at radius 3 is 2.68 bits per heavy atom. The van der Waals surface area contributed by atoms with Crippen LogP contribution in [0.25, 0.3) is 11.3 Å². The van der Waals surface area contributed by atoms with Crippen molar-refractivity contribution in [1.82, 2.24) is 10.5 Å². The quantitative estimate of drug-likeness (QED) is 0.888. The monoisotopic (exact) mass is 304 g/mol. The van der Waals surface area contributed by atoms with Crippen molar-refractivity contribution in [3.8, 4) is 22.8 Å². The molecule has 0 aliphatic carbocycles. The Bertz CT molecular complexity index is 649. The van der Waals surface area contributed by atoms with Crippen LogP contribution in [-0.4, -0.2) is 30.8 Å². The molecule has 2 rings (SSSR count). The van der Waals surface area contributed by atoms with E-state index in [1.54, 1.807) is 19.2 Å². The Morgan fingerprint density at radius 1 is 1.32 bits per heavy atom. The summed E-state index contributed by atoms with van der Waals surface area (Å²) in [5.74, 6) is 1.51. The molecule has 0 radical (unpaired) electrons. The Labute approximate surface area is 129 Å². The Morgan fingerprint density at radius 2 is 2.09 bits per heavy atom. The van der Waals surface area contributed by atoms with Crippen molar-refractivity contribution < 1.29 is 18.8 Å². The van der Waals surface area contributed by atoms with Gasteiger partial charge in [-0.1, -0.05) is 5.16 Å². The number of benzene rings is 1. The summed E-state index contributed by atoms with van der Waals surface area (Å²) in [6.07, 6.45) is 0. The summed E-state index contributed by atoms with van der Waals surface area (Å²) in [4.78, 5) is 11.6. The second kappa shape index (κ2) is 6.98. The topological polar surface area (TPSA) is 73.6 Å². The molecule has 0 bridgehead atoms. The fourth-order valence-corrected chi connectivity index (χ4v) is 1.95. The first kappa shape index (κ1) is 15.9. The molecular formula is C16H20N2O4. The van der Waals surface area contributed by atoms with Crippen LogP contribution in [0.4, 0.5) is 0 Å². The molecule has 1 heterocycles. The zero-order valence-electron chi connectivity index (χ0n) is 13.2. The van der Waals surface area contributed by atoms with Crippen molar-refractivity contribution in [2.75, 3.05) is 13.7 Å². The van der Waals surface area contributed by atoms with Crippen LogP contribution in [0.3, 0.4) is 0 Å². The molecule has 22 heavy (non-hydrogen) atoms. The van der Waals surface area contributed by atoms with Gasteiger partial charge in [-0.2, -0.15) is 0 Å². The molecule has 6 nitrogen and oxygen atoms in total. The van der Waals surface area contributed by atoms with Gasteiger partial charge in [-0.3, -0.25) is 4.79 Å². The van der Waals surface area contributed by atoms with Crippen molar-refractivity contribution in [1.29, 1.82) is 0 Å². The number of carbonyl (C=O) groups excluding carboxylic acids is 1. The van der Waals surface area contributed by atoms with Crippen LogP contribution in [0, 0.1) is 6.92 Å². The minimum Gasteiger partial charge on any atom is -0.493 e. The van der Waals surface area contributed by atoms with Crippen LogP contribution >= 0.6 is 0 Å². The Balaban J connectivity index is 2.11. The Hall–Kier alpha value is -2.50. The second-order valence-electron chi connectivity index (χ2n) is 5.21. The smallest absolute Gasteiger partial charge is 0.258 e. The molecule has 1 aromatic heterocycles. The van der Waals surface area contributed by atoms with Crippen molar-refractivity contribution in [3.63, 3.8) is 0 Å². The normalized spacial score (nSPS) is 10.6. The number of methoxy groups -OCH3 is 1. The van der Waals surface area contributed by atoms with E-state index in [9.17, 15) is 4.79 Å². The minimum atomic E-state index is -0.174. The third-order valence-electron chi connectivity index (χ3n) is 2.88. The van der Waals surface area contributed by atoms with Gasteiger partial charge in [-0.25, -0.2) is 0 Å². The third-order valence-corrected chi connectivity index (χ3v) is 2.88. The molecule has 0 saturated heterocycles. The highest BCUT2D eigenvalue weighted by Crippen LogP contribution is 2.32. The number of carbonyl (C=O) groups is 1. The molecule has 0 aliphatic rings. The molecule has 0 fully saturated rings. The van der Waals surface area contributed by atoms with Crippen LogP contribution in [-0.2, 0) is 4.79 Å². The average molecular weight is 304 g/mol. The fourth-order valence-electron chi connectivity index (χ4n) is 1.95. The van der Waals surface area contributed by atoms with E-state index in [0.29, 0.717) is 17.3 Å². The van der Waals surface area contributed by atoms with Crippen molar-refractivity contribution in [3.05, 3.63) is 30.0 Å². The largest absolute Gasteiger partial charge is 0.493 e. The predicted octanol–water partition coefficient (Wildman–Crippen LogP) is 2.56. The SMILES string of the molecule is COc1cc(-c2cc(C)no2)ccc1OCC(=O)NC(C)C. The first-order valence-electron chi connectivity index (χ1n) is 7.03. The number of ether oxygens (including phenoxy) is 2. The highest BCUT2D eigenvalue weighted by molar-refractivity contribution is 5.78. The van der Waals surface area contributed by atoms with Crippen LogP contribution in [0.1, 0.15) is 19.5 Å². The lowest BCUT2D eigenvalue weighted by Gasteiger charge is -2.12. The van der Waals surface area contributed by atoms with E-state index in [1.165, 1.54) is 0 Å². The van der Waals surface area contributed by atoms with Crippen molar-refractivity contribution in [2.45, 2.75) is 26.8 Å². The minimum absolute atomic E-state index is 0.0602. The number of aryl methyl sites for hydroxylation is 1. The maximum Gasteiger partial charge on any atom is 0.258 e. The fraction of sp³-hybridized carbons (Fsp3) is 0.375. The van der Waals surface area contributed by atoms with Gasteiger partial charge in [0.05, 0.1) is 12.8 Å². The molecule has 0 aliphatic heterocycles. The molecule has 1 aromatic carbocycles. The van der Waals surface area contributed by atoms with Gasteiger partial charge in [0.1, 0.15) is 0 Å². The summed E-state index contributed by atoms with van der Waals surface area (Å²) >= 11 is 0. The zero-order chi connectivity index (χ0) is 16.1. The third kappa shape index (κ3) is 4.00. The van der Waals surface area contributed by atoms with Gasteiger partial charge >= 0.3 is 0 Å². The highest BCUT2D eigenvalue weighted by atomic mass is 16.5. The van der Waals surface area contributed by atoms with E-state index < -0.39 is 0 Å². The molecule has 0 saturated carbocycles. The first-order chi connectivity index (χ1) is 10.5. The van der Waals surface area contributed by atoms with E-state index in [2.05, 4.69) is 10.5 Å². The van der Waals surface area contributed by atoms with Gasteiger partial charge in [-0.15, -0.1) is 0 Å². The summed E-state index contributed by atoms with van der Waals surface area (Å²) < 4.78 is 16.0. The summed E-state index contributed by atoms with van der Waals surface area (Å²) in [7, 11) is 1.55. The highest BCUT2D eigenvalue weighted by Gasteiger charge is 2.12. The molecule has 0 atom stereocenters. The first-order valence-corrected chi connectivity index (χ1v) is 7.03. The van der Waals surface area contributed by atoms with Gasteiger partial charge in [-0.05, 0) is 39.0 Å². The van der Waals surface area contributed by atoms with E-state index in [-0.39, 0.29) is 18.6 Å². The van der Waals surface area contributed by atoms with Gasteiger partial charge in [0, 0.05) is 17.7 Å². The number of rotatable bonds is 6. The Kier molecular flexibility index (Phi) is 5.04. The van der Waals surface area contributed by atoms with E-state index >= 15 is 0 Å². The van der Waals surface area contributed by atoms with Crippen LogP contribution < -0.4 is 14.8 Å². The maximum atomic E-state index is 11.6. The average Bonchev–Trinajstić information content (AvgIpc) is 2.90. The van der Waals surface area contributed by atoms with E-state index in [1.807, 2.05) is 32.9 Å². The molecule has 118 valence electrons. The molecule has 6 heteroatoms. The van der Waals surface area contributed by atoms with Crippen molar-refractivity contribution in [2.24, 2.45) is 0 Å². The molecule has 1 amide bonds. The summed E-state index contributed by atoms with van der Waals surface area (Å²) in [5, 5.41) is 6.62. The molecule has 0 spiro atoms. The second-order valence-corrected chi connectivity index (χ2v) is 5.21. The van der Waals surface area contributed by atoms with E-state index in [0.717, 1.165) is 11.3 Å². The van der Waals surface area contributed by atoms with Gasteiger partial charge in [0.15, 0.2) is 23.9 Å². The predicted molar refractivity (Wildman–Crippen MR) is 82.0 cm³/mol.